The van der Waals surface area contributed by atoms with Crippen molar-refractivity contribution < 1.29 is 9.53 Å². The smallest absolute Gasteiger partial charge is 0.325 e. The van der Waals surface area contributed by atoms with E-state index in [1.807, 2.05) is 0 Å². The number of rotatable bonds is 2. The van der Waals surface area contributed by atoms with Crippen molar-refractivity contribution in [1.82, 2.24) is 0 Å². The van der Waals surface area contributed by atoms with Crippen LogP contribution in [0.4, 0.5) is 0 Å². The minimum Gasteiger partial charge on any atom is -0.468 e. The van der Waals surface area contributed by atoms with Gasteiger partial charge < -0.3 is 4.74 Å². The van der Waals surface area contributed by atoms with E-state index in [0.717, 1.165) is 6.42 Å². The molecule has 1 rings (SSSR count). The predicted octanol–water partition coefficient (Wildman–Crippen LogP) is 3.26. The van der Waals surface area contributed by atoms with Gasteiger partial charge in [0.15, 0.2) is 0 Å². The molecule has 0 saturated heterocycles. The molecule has 2 nitrogen and oxygen atoms in total. The second-order valence-corrected chi connectivity index (χ2v) is 6.07. The Balaban J connectivity index is 3.17. The molecular formula is C15H24O2. The highest BCUT2D eigenvalue weighted by molar-refractivity contribution is 5.88. The van der Waals surface area contributed by atoms with E-state index >= 15 is 0 Å². The minimum absolute atomic E-state index is 0.131. The maximum Gasteiger partial charge on any atom is 0.325 e. The number of carbonyl (C=O) groups is 1. The van der Waals surface area contributed by atoms with Crippen molar-refractivity contribution >= 4 is 5.97 Å². The van der Waals surface area contributed by atoms with Crippen molar-refractivity contribution in [3.05, 3.63) is 0 Å². The van der Waals surface area contributed by atoms with Crippen LogP contribution in [0.15, 0.2) is 0 Å². The van der Waals surface area contributed by atoms with E-state index in [4.69, 9.17) is 4.74 Å². The lowest BCUT2D eigenvalue weighted by Crippen LogP contribution is -2.23. The molecule has 1 aliphatic carbocycles. The Bertz CT molecular complexity index is 365. The number of methoxy groups -OCH3 is 1. The summed E-state index contributed by atoms with van der Waals surface area (Å²) in [6.45, 7) is 12.6. The van der Waals surface area contributed by atoms with Crippen LogP contribution in [0.1, 0.15) is 48.0 Å². The van der Waals surface area contributed by atoms with Crippen molar-refractivity contribution in [2.75, 3.05) is 7.11 Å². The van der Waals surface area contributed by atoms with Gasteiger partial charge in [0.05, 0.1) is 7.11 Å². The molecule has 0 heterocycles. The molecule has 1 aliphatic rings. The molecule has 1 saturated carbocycles. The molecule has 0 bridgehead atoms. The highest BCUT2D eigenvalue weighted by atomic mass is 16.5. The van der Waals surface area contributed by atoms with Gasteiger partial charge in [-0.3, -0.25) is 4.79 Å². The van der Waals surface area contributed by atoms with E-state index in [0.29, 0.717) is 5.92 Å². The summed E-state index contributed by atoms with van der Waals surface area (Å²) in [7, 11) is 1.44. The van der Waals surface area contributed by atoms with Crippen LogP contribution in [-0.2, 0) is 9.53 Å². The quantitative estimate of drug-likeness (QED) is 0.543. The Hall–Kier alpha value is -0.970. The summed E-state index contributed by atoms with van der Waals surface area (Å²) in [5, 5.41) is 0. The van der Waals surface area contributed by atoms with Crippen molar-refractivity contribution in [2.45, 2.75) is 48.0 Å². The lowest BCUT2D eigenvalue weighted by molar-refractivity contribution is -0.146. The second kappa shape index (κ2) is 4.05. The Morgan fingerprint density at radius 1 is 1.24 bits per heavy atom. The Morgan fingerprint density at radius 2 is 1.71 bits per heavy atom. The average Bonchev–Trinajstić information content (AvgIpc) is 2.62. The molecule has 0 radical (unpaired) electrons. The van der Waals surface area contributed by atoms with E-state index < -0.39 is 5.41 Å². The summed E-state index contributed by atoms with van der Waals surface area (Å²) in [6.07, 6.45) is 1.01. The fraction of sp³-hybridized carbons (Fsp3) is 0.800. The second-order valence-electron chi connectivity index (χ2n) is 6.07. The number of hydrogen-bond acceptors (Lipinski definition) is 2. The van der Waals surface area contributed by atoms with Gasteiger partial charge in [-0.2, -0.15) is 0 Å². The van der Waals surface area contributed by atoms with Gasteiger partial charge in [0.1, 0.15) is 5.41 Å². The van der Waals surface area contributed by atoms with E-state index in [2.05, 4.69) is 53.4 Å². The van der Waals surface area contributed by atoms with Crippen molar-refractivity contribution in [1.29, 1.82) is 0 Å². The van der Waals surface area contributed by atoms with E-state index in [-0.39, 0.29) is 16.8 Å². The van der Waals surface area contributed by atoms with Crippen molar-refractivity contribution in [3.8, 4) is 11.8 Å². The van der Waals surface area contributed by atoms with Crippen LogP contribution >= 0.6 is 0 Å². The third kappa shape index (κ3) is 1.59. The van der Waals surface area contributed by atoms with Gasteiger partial charge in [-0.25, -0.2) is 0 Å². The van der Waals surface area contributed by atoms with Gasteiger partial charge >= 0.3 is 5.97 Å². The molecule has 0 aromatic heterocycles. The van der Waals surface area contributed by atoms with Gasteiger partial charge in [0, 0.05) is 5.92 Å². The van der Waals surface area contributed by atoms with Crippen LogP contribution in [-0.4, -0.2) is 13.1 Å². The monoisotopic (exact) mass is 236 g/mol. The number of esters is 1. The zero-order chi connectivity index (χ0) is 13.5. The molecule has 2 heteroatoms. The molecule has 17 heavy (non-hydrogen) atoms. The van der Waals surface area contributed by atoms with Gasteiger partial charge in [-0.15, -0.1) is 0 Å². The van der Waals surface area contributed by atoms with Gasteiger partial charge in [0.2, 0.25) is 0 Å². The normalized spacial score (nSPS) is 24.2. The van der Waals surface area contributed by atoms with Gasteiger partial charge in [-0.05, 0) is 17.3 Å². The largest absolute Gasteiger partial charge is 0.468 e. The van der Waals surface area contributed by atoms with Gasteiger partial charge in [0.25, 0.3) is 0 Å². The first-order chi connectivity index (χ1) is 7.69. The SMILES string of the molecule is CCC(C)C#CC1(C(=O)OC)C(C)(C)C1(C)C. The average molecular weight is 236 g/mol. The van der Waals surface area contributed by atoms with Crippen LogP contribution in [0, 0.1) is 34.0 Å². The lowest BCUT2D eigenvalue weighted by Gasteiger charge is -2.12. The molecule has 1 fully saturated rings. The first-order valence-electron chi connectivity index (χ1n) is 6.30. The Labute approximate surface area is 105 Å². The van der Waals surface area contributed by atoms with E-state index in [1.54, 1.807) is 0 Å². The maximum absolute atomic E-state index is 12.1. The fourth-order valence-electron chi connectivity index (χ4n) is 2.67. The summed E-state index contributed by atoms with van der Waals surface area (Å²) in [5.41, 5.74) is -0.903. The van der Waals surface area contributed by atoms with Crippen molar-refractivity contribution in [2.24, 2.45) is 22.2 Å². The first-order valence-corrected chi connectivity index (χ1v) is 6.30. The number of hydrogen-bond donors (Lipinski definition) is 0. The fourth-order valence-corrected chi connectivity index (χ4v) is 2.67. The highest BCUT2D eigenvalue weighted by Gasteiger charge is 2.81. The highest BCUT2D eigenvalue weighted by Crippen LogP contribution is 2.77. The summed E-state index contributed by atoms with van der Waals surface area (Å²) in [4.78, 5) is 12.1. The molecule has 0 aromatic carbocycles. The zero-order valence-corrected chi connectivity index (χ0v) is 12.1. The van der Waals surface area contributed by atoms with Gasteiger partial charge in [-0.1, -0.05) is 53.4 Å². The molecule has 0 spiro atoms. The Kier molecular flexibility index (Phi) is 3.36. The summed E-state index contributed by atoms with van der Waals surface area (Å²) >= 11 is 0. The minimum atomic E-state index is -0.641. The van der Waals surface area contributed by atoms with E-state index in [9.17, 15) is 4.79 Å². The molecule has 1 unspecified atom stereocenters. The molecule has 0 aromatic rings. The molecule has 0 amide bonds. The molecule has 1 atom stereocenters. The lowest BCUT2D eigenvalue weighted by atomic mass is 9.94. The molecule has 96 valence electrons. The molecular weight excluding hydrogens is 212 g/mol. The summed E-state index contributed by atoms with van der Waals surface area (Å²) in [5.74, 6) is 6.57. The van der Waals surface area contributed by atoms with Crippen LogP contribution in [0.5, 0.6) is 0 Å². The Morgan fingerprint density at radius 3 is 2.00 bits per heavy atom. The standard InChI is InChI=1S/C15H24O2/c1-8-11(2)9-10-15(12(16)17-7)13(3,4)14(15,5)6/h11H,8H2,1-7H3. The van der Waals surface area contributed by atoms with E-state index in [1.165, 1.54) is 7.11 Å². The van der Waals surface area contributed by atoms with Crippen LogP contribution in [0.3, 0.4) is 0 Å². The van der Waals surface area contributed by atoms with Crippen LogP contribution in [0.25, 0.3) is 0 Å². The number of ether oxygens (including phenoxy) is 1. The third-order valence-electron chi connectivity index (χ3n) is 4.99. The molecule has 0 aliphatic heterocycles. The predicted molar refractivity (Wildman–Crippen MR) is 69.2 cm³/mol. The van der Waals surface area contributed by atoms with Crippen LogP contribution in [0.2, 0.25) is 0 Å². The maximum atomic E-state index is 12.1. The van der Waals surface area contributed by atoms with Crippen molar-refractivity contribution in [3.63, 3.8) is 0 Å². The summed E-state index contributed by atoms with van der Waals surface area (Å²) in [6, 6.07) is 0. The number of carbonyl (C=O) groups excluding carboxylic acids is 1. The first kappa shape index (κ1) is 14.1. The third-order valence-corrected chi connectivity index (χ3v) is 4.99. The molecule has 0 N–H and O–H groups in total. The zero-order valence-electron chi connectivity index (χ0n) is 12.1. The van der Waals surface area contributed by atoms with Crippen LogP contribution < -0.4 is 0 Å². The summed E-state index contributed by atoms with van der Waals surface area (Å²) < 4.78 is 4.97. The topological polar surface area (TPSA) is 26.3 Å².